The molecule has 0 heterocycles. The number of hydrogen-bond donors (Lipinski definition) is 2. The van der Waals surface area contributed by atoms with Crippen LogP contribution in [0.2, 0.25) is 0 Å². The van der Waals surface area contributed by atoms with Crippen LogP contribution >= 0.6 is 0 Å². The molecule has 1 aromatic rings. The Morgan fingerprint density at radius 3 is 2.78 bits per heavy atom. The molecular weight excluding hydrogens is 226 g/mol. The molecule has 2 aliphatic rings. The second-order valence-corrected chi connectivity index (χ2v) is 5.58. The van der Waals surface area contributed by atoms with Crippen LogP contribution in [0, 0.1) is 24.7 Å². The number of rotatable bonds is 3. The molecule has 1 amide bonds. The third-order valence-corrected chi connectivity index (χ3v) is 4.45. The minimum Gasteiger partial charge on any atom is -0.392 e. The predicted molar refractivity (Wildman–Crippen MR) is 70.1 cm³/mol. The quantitative estimate of drug-likeness (QED) is 0.859. The maximum atomic E-state index is 12.2. The van der Waals surface area contributed by atoms with Gasteiger partial charge in [0.25, 0.3) is 0 Å². The van der Waals surface area contributed by atoms with Crippen molar-refractivity contribution in [1.29, 1.82) is 0 Å². The number of carbonyl (C=O) groups is 1. The van der Waals surface area contributed by atoms with Gasteiger partial charge in [0.1, 0.15) is 0 Å². The average molecular weight is 245 g/mol. The summed E-state index contributed by atoms with van der Waals surface area (Å²) >= 11 is 0. The van der Waals surface area contributed by atoms with Crippen LogP contribution in [0.5, 0.6) is 0 Å². The molecule has 0 aliphatic heterocycles. The summed E-state index contributed by atoms with van der Waals surface area (Å²) in [6.45, 7) is 1.99. The third kappa shape index (κ3) is 1.93. The standard InChI is InChI=1S/C15H19NO2/c1-9-5-6-10(8-17)7-13(9)16-15(18)14-11-3-2-4-12(11)14/h5-7,11-12,14,17H,2-4,8H2,1H3,(H,16,18). The Labute approximate surface area is 107 Å². The minimum absolute atomic E-state index is 0.0117. The van der Waals surface area contributed by atoms with Gasteiger partial charge >= 0.3 is 0 Å². The molecule has 3 rings (SSSR count). The van der Waals surface area contributed by atoms with Gasteiger partial charge in [0, 0.05) is 11.6 Å². The summed E-state index contributed by atoms with van der Waals surface area (Å²) in [5.41, 5.74) is 2.73. The number of aryl methyl sites for hydroxylation is 1. The molecule has 1 aromatic carbocycles. The van der Waals surface area contributed by atoms with Gasteiger partial charge in [-0.1, -0.05) is 18.6 Å². The maximum Gasteiger partial charge on any atom is 0.228 e. The minimum atomic E-state index is 0.0117. The van der Waals surface area contributed by atoms with Crippen molar-refractivity contribution in [1.82, 2.24) is 0 Å². The van der Waals surface area contributed by atoms with E-state index in [1.165, 1.54) is 19.3 Å². The summed E-state index contributed by atoms with van der Waals surface area (Å²) in [5.74, 6) is 1.71. The van der Waals surface area contributed by atoms with Gasteiger partial charge in [0.2, 0.25) is 5.91 Å². The Bertz CT molecular complexity index is 473. The van der Waals surface area contributed by atoms with E-state index in [1.54, 1.807) is 0 Å². The van der Waals surface area contributed by atoms with Crippen LogP contribution in [-0.4, -0.2) is 11.0 Å². The summed E-state index contributed by atoms with van der Waals surface area (Å²) in [7, 11) is 0. The Balaban J connectivity index is 1.71. The smallest absolute Gasteiger partial charge is 0.228 e. The first-order chi connectivity index (χ1) is 8.70. The summed E-state index contributed by atoms with van der Waals surface area (Å²) in [4.78, 5) is 12.2. The lowest BCUT2D eigenvalue weighted by Crippen LogP contribution is -2.17. The molecule has 3 heteroatoms. The van der Waals surface area contributed by atoms with Gasteiger partial charge in [-0.25, -0.2) is 0 Å². The van der Waals surface area contributed by atoms with Crippen LogP contribution in [0.4, 0.5) is 5.69 Å². The Morgan fingerprint density at radius 2 is 2.11 bits per heavy atom. The number of anilines is 1. The van der Waals surface area contributed by atoms with E-state index in [-0.39, 0.29) is 18.4 Å². The van der Waals surface area contributed by atoms with Crippen LogP contribution in [0.3, 0.4) is 0 Å². The van der Waals surface area contributed by atoms with E-state index in [0.29, 0.717) is 11.8 Å². The van der Waals surface area contributed by atoms with Gasteiger partial charge in [0.05, 0.1) is 6.61 Å². The van der Waals surface area contributed by atoms with Crippen LogP contribution in [-0.2, 0) is 11.4 Å². The van der Waals surface area contributed by atoms with Crippen LogP contribution < -0.4 is 5.32 Å². The molecule has 3 nitrogen and oxygen atoms in total. The first-order valence-corrected chi connectivity index (χ1v) is 6.72. The average Bonchev–Trinajstić information content (AvgIpc) is 2.86. The lowest BCUT2D eigenvalue weighted by molar-refractivity contribution is -0.118. The van der Waals surface area contributed by atoms with E-state index in [4.69, 9.17) is 5.11 Å². The third-order valence-electron chi connectivity index (χ3n) is 4.45. The SMILES string of the molecule is Cc1ccc(CO)cc1NC(=O)C1C2CCCC21. The number of amides is 1. The molecule has 0 radical (unpaired) electrons. The van der Waals surface area contributed by atoms with Gasteiger partial charge < -0.3 is 10.4 Å². The number of fused-ring (bicyclic) bond motifs is 1. The number of benzene rings is 1. The molecule has 2 aliphatic carbocycles. The van der Waals surface area contributed by atoms with Crippen molar-refractivity contribution < 1.29 is 9.90 Å². The Kier molecular flexibility index (Phi) is 2.86. The number of nitrogens with one attached hydrogen (secondary N) is 1. The van der Waals surface area contributed by atoms with Gasteiger partial charge in [-0.3, -0.25) is 4.79 Å². The highest BCUT2D eigenvalue weighted by atomic mass is 16.3. The van der Waals surface area contributed by atoms with Crippen molar-refractivity contribution in [3.8, 4) is 0 Å². The van der Waals surface area contributed by atoms with E-state index >= 15 is 0 Å². The van der Waals surface area contributed by atoms with Gasteiger partial charge in [0.15, 0.2) is 0 Å². The Hall–Kier alpha value is -1.35. The summed E-state index contributed by atoms with van der Waals surface area (Å²) in [6, 6.07) is 5.69. The normalized spacial score (nSPS) is 28.9. The van der Waals surface area contributed by atoms with Crippen LogP contribution in [0.1, 0.15) is 30.4 Å². The fraction of sp³-hybridized carbons (Fsp3) is 0.533. The molecule has 2 atom stereocenters. The van der Waals surface area contributed by atoms with Crippen molar-refractivity contribution in [2.24, 2.45) is 17.8 Å². The highest BCUT2D eigenvalue weighted by Gasteiger charge is 2.56. The van der Waals surface area contributed by atoms with Crippen molar-refractivity contribution in [2.45, 2.75) is 32.8 Å². The fourth-order valence-electron chi connectivity index (χ4n) is 3.33. The zero-order valence-corrected chi connectivity index (χ0v) is 10.6. The number of carbonyl (C=O) groups excluding carboxylic acids is 1. The van der Waals surface area contributed by atoms with Crippen molar-refractivity contribution in [3.63, 3.8) is 0 Å². The van der Waals surface area contributed by atoms with E-state index in [1.807, 2.05) is 25.1 Å². The van der Waals surface area contributed by atoms with E-state index in [9.17, 15) is 4.79 Å². The molecule has 2 saturated carbocycles. The van der Waals surface area contributed by atoms with Gasteiger partial charge in [-0.2, -0.15) is 0 Å². The van der Waals surface area contributed by atoms with E-state index in [2.05, 4.69) is 5.32 Å². The molecule has 0 spiro atoms. The first kappa shape index (κ1) is 11.7. The topological polar surface area (TPSA) is 49.3 Å². The number of hydrogen-bond acceptors (Lipinski definition) is 2. The molecule has 0 bridgehead atoms. The molecule has 0 aromatic heterocycles. The van der Waals surface area contributed by atoms with Crippen molar-refractivity contribution in [2.75, 3.05) is 5.32 Å². The lowest BCUT2D eigenvalue weighted by Gasteiger charge is -2.10. The zero-order valence-electron chi connectivity index (χ0n) is 10.6. The highest BCUT2D eigenvalue weighted by Crippen LogP contribution is 2.57. The van der Waals surface area contributed by atoms with Crippen LogP contribution in [0.25, 0.3) is 0 Å². The van der Waals surface area contributed by atoms with Crippen LogP contribution in [0.15, 0.2) is 18.2 Å². The monoisotopic (exact) mass is 245 g/mol. The van der Waals surface area contributed by atoms with Crippen molar-refractivity contribution in [3.05, 3.63) is 29.3 Å². The maximum absolute atomic E-state index is 12.2. The molecular formula is C15H19NO2. The molecule has 0 saturated heterocycles. The Morgan fingerprint density at radius 1 is 1.39 bits per heavy atom. The second kappa shape index (κ2) is 4.39. The van der Waals surface area contributed by atoms with E-state index in [0.717, 1.165) is 16.8 Å². The fourth-order valence-corrected chi connectivity index (χ4v) is 3.33. The first-order valence-electron chi connectivity index (χ1n) is 6.72. The molecule has 96 valence electrons. The molecule has 18 heavy (non-hydrogen) atoms. The number of aliphatic hydroxyl groups excluding tert-OH is 1. The summed E-state index contributed by atoms with van der Waals surface area (Å²) in [5, 5.41) is 12.2. The molecule has 2 unspecified atom stereocenters. The molecule has 2 N–H and O–H groups in total. The zero-order chi connectivity index (χ0) is 12.7. The van der Waals surface area contributed by atoms with E-state index < -0.39 is 0 Å². The van der Waals surface area contributed by atoms with Gasteiger partial charge in [-0.15, -0.1) is 0 Å². The largest absolute Gasteiger partial charge is 0.392 e. The van der Waals surface area contributed by atoms with Gasteiger partial charge in [-0.05, 0) is 48.8 Å². The second-order valence-electron chi connectivity index (χ2n) is 5.58. The molecule has 2 fully saturated rings. The predicted octanol–water partition coefficient (Wildman–Crippen LogP) is 2.47. The lowest BCUT2D eigenvalue weighted by atomic mass is 10.1. The van der Waals surface area contributed by atoms with Crippen molar-refractivity contribution >= 4 is 11.6 Å². The highest BCUT2D eigenvalue weighted by molar-refractivity contribution is 5.95. The summed E-state index contributed by atoms with van der Waals surface area (Å²) < 4.78 is 0. The number of aliphatic hydroxyl groups is 1. The summed E-state index contributed by atoms with van der Waals surface area (Å²) in [6.07, 6.45) is 3.73.